The van der Waals surface area contributed by atoms with E-state index in [4.69, 9.17) is 16.6 Å². The first-order chi connectivity index (χ1) is 6.72. The van der Waals surface area contributed by atoms with E-state index < -0.39 is 0 Å². The molecule has 5 nitrogen and oxygen atoms in total. The highest BCUT2D eigenvalue weighted by Gasteiger charge is 2.08. The predicted molar refractivity (Wildman–Crippen MR) is 56.2 cm³/mol. The first kappa shape index (κ1) is 9.04. The van der Waals surface area contributed by atoms with E-state index in [9.17, 15) is 0 Å². The lowest BCUT2D eigenvalue weighted by molar-refractivity contribution is 0.282. The molecule has 0 aliphatic carbocycles. The lowest BCUT2D eigenvalue weighted by atomic mass is 10.4. The second-order valence-corrected chi connectivity index (χ2v) is 3.74. The zero-order chi connectivity index (χ0) is 10.1. The first-order valence-corrected chi connectivity index (χ1v) is 4.88. The van der Waals surface area contributed by atoms with E-state index in [0.29, 0.717) is 11.5 Å². The fourth-order valence-corrected chi connectivity index (χ4v) is 1.98. The summed E-state index contributed by atoms with van der Waals surface area (Å²) in [5.74, 6) is 0.427. The summed E-state index contributed by atoms with van der Waals surface area (Å²) in [5.41, 5.74) is 12.6. The highest BCUT2D eigenvalue weighted by Crippen LogP contribution is 2.24. The second-order valence-electron chi connectivity index (χ2n) is 2.85. The van der Waals surface area contributed by atoms with Gasteiger partial charge in [-0.15, -0.1) is 11.3 Å². The monoisotopic (exact) mass is 210 g/mol. The van der Waals surface area contributed by atoms with Gasteiger partial charge in [0.05, 0.1) is 18.5 Å². The molecule has 0 aliphatic rings. The van der Waals surface area contributed by atoms with Gasteiger partial charge in [-0.1, -0.05) is 0 Å². The third kappa shape index (κ3) is 1.34. The van der Waals surface area contributed by atoms with Crippen LogP contribution in [0.2, 0.25) is 0 Å². The minimum atomic E-state index is 0.0210. The van der Waals surface area contributed by atoms with Gasteiger partial charge >= 0.3 is 0 Å². The van der Waals surface area contributed by atoms with Crippen LogP contribution < -0.4 is 11.5 Å². The molecular weight excluding hydrogens is 200 g/mol. The largest absolute Gasteiger partial charge is 0.394 e. The summed E-state index contributed by atoms with van der Waals surface area (Å²) >= 11 is 1.46. The van der Waals surface area contributed by atoms with Crippen LogP contribution in [0.1, 0.15) is 5.56 Å². The minimum absolute atomic E-state index is 0.0210. The van der Waals surface area contributed by atoms with Crippen molar-refractivity contribution in [3.63, 3.8) is 0 Å². The van der Waals surface area contributed by atoms with Crippen molar-refractivity contribution in [1.82, 2.24) is 9.78 Å². The Balaban J connectivity index is 2.44. The topological polar surface area (TPSA) is 90.1 Å². The van der Waals surface area contributed by atoms with Crippen LogP contribution in [0.15, 0.2) is 17.6 Å². The summed E-state index contributed by atoms with van der Waals surface area (Å²) in [6.45, 7) is 0.0210. The van der Waals surface area contributed by atoms with Gasteiger partial charge in [0.25, 0.3) is 0 Å². The lowest BCUT2D eigenvalue weighted by Gasteiger charge is -1.98. The van der Waals surface area contributed by atoms with Crippen molar-refractivity contribution in [2.24, 2.45) is 0 Å². The normalized spacial score (nSPS) is 10.6. The fraction of sp³-hybridized carbons (Fsp3) is 0.125. The SMILES string of the molecule is Nc1cnn(-c2cc(CO)cs2)c1N. The molecule has 2 heterocycles. The Labute approximate surface area is 84.6 Å². The van der Waals surface area contributed by atoms with Gasteiger partial charge in [0.15, 0.2) is 5.82 Å². The van der Waals surface area contributed by atoms with Crippen LogP contribution in [0.4, 0.5) is 11.5 Å². The van der Waals surface area contributed by atoms with Crippen LogP contribution in [-0.4, -0.2) is 14.9 Å². The Morgan fingerprint density at radius 2 is 2.29 bits per heavy atom. The van der Waals surface area contributed by atoms with Crippen LogP contribution in [0, 0.1) is 0 Å². The molecule has 0 bridgehead atoms. The van der Waals surface area contributed by atoms with Crippen molar-refractivity contribution in [3.05, 3.63) is 23.2 Å². The molecule has 6 heteroatoms. The Morgan fingerprint density at radius 3 is 2.79 bits per heavy atom. The molecule has 5 N–H and O–H groups in total. The van der Waals surface area contributed by atoms with Crippen LogP contribution in [0.25, 0.3) is 5.00 Å². The molecule has 0 aromatic carbocycles. The van der Waals surface area contributed by atoms with E-state index in [1.54, 1.807) is 4.68 Å². The molecule has 0 spiro atoms. The molecule has 0 unspecified atom stereocenters. The van der Waals surface area contributed by atoms with E-state index in [1.807, 2.05) is 11.4 Å². The van der Waals surface area contributed by atoms with E-state index in [2.05, 4.69) is 5.10 Å². The molecule has 0 aliphatic heterocycles. The standard InChI is InChI=1S/C8H10N4OS/c9-6-2-11-12(8(6)10)7-1-5(3-13)4-14-7/h1-2,4,13H,3,9-10H2. The Kier molecular flexibility index (Phi) is 2.14. The number of aliphatic hydroxyl groups is 1. The molecule has 14 heavy (non-hydrogen) atoms. The van der Waals surface area contributed by atoms with Crippen molar-refractivity contribution in [1.29, 1.82) is 0 Å². The van der Waals surface area contributed by atoms with Gasteiger partial charge in [-0.25, -0.2) is 4.68 Å². The average Bonchev–Trinajstić information content (AvgIpc) is 2.75. The van der Waals surface area contributed by atoms with Crippen LogP contribution in [-0.2, 0) is 6.61 Å². The Hall–Kier alpha value is -1.53. The van der Waals surface area contributed by atoms with E-state index >= 15 is 0 Å². The molecule has 0 atom stereocenters. The lowest BCUT2D eigenvalue weighted by Crippen LogP contribution is -2.01. The maximum atomic E-state index is 8.89. The number of thiophene rings is 1. The summed E-state index contributed by atoms with van der Waals surface area (Å²) in [6.07, 6.45) is 1.51. The molecule has 2 rings (SSSR count). The number of nitrogen functional groups attached to an aromatic ring is 2. The summed E-state index contributed by atoms with van der Waals surface area (Å²) in [5, 5.41) is 15.6. The van der Waals surface area contributed by atoms with Crippen molar-refractivity contribution in [2.45, 2.75) is 6.61 Å². The highest BCUT2D eigenvalue weighted by molar-refractivity contribution is 7.12. The van der Waals surface area contributed by atoms with Crippen molar-refractivity contribution in [2.75, 3.05) is 11.5 Å². The number of hydrogen-bond acceptors (Lipinski definition) is 5. The second kappa shape index (κ2) is 3.32. The zero-order valence-electron chi connectivity index (χ0n) is 7.34. The number of nitrogens with zero attached hydrogens (tertiary/aromatic N) is 2. The molecular formula is C8H10N4OS. The van der Waals surface area contributed by atoms with E-state index in [-0.39, 0.29) is 6.61 Å². The molecule has 0 saturated carbocycles. The summed E-state index contributed by atoms with van der Waals surface area (Å²) < 4.78 is 1.55. The number of hydrogen-bond donors (Lipinski definition) is 3. The van der Waals surface area contributed by atoms with Gasteiger partial charge in [-0.2, -0.15) is 5.10 Å². The predicted octanol–water partition coefficient (Wildman–Crippen LogP) is 0.591. The van der Waals surface area contributed by atoms with Gasteiger partial charge in [-0.3, -0.25) is 0 Å². The fourth-order valence-electron chi connectivity index (χ4n) is 1.10. The molecule has 2 aromatic rings. The number of nitrogens with two attached hydrogens (primary N) is 2. The molecule has 0 saturated heterocycles. The third-order valence-corrected chi connectivity index (χ3v) is 2.82. The van der Waals surface area contributed by atoms with E-state index in [1.165, 1.54) is 17.5 Å². The number of rotatable bonds is 2. The summed E-state index contributed by atoms with van der Waals surface area (Å²) in [6, 6.07) is 1.83. The van der Waals surface area contributed by atoms with Crippen LogP contribution in [0.3, 0.4) is 0 Å². The average molecular weight is 210 g/mol. The van der Waals surface area contributed by atoms with E-state index in [0.717, 1.165) is 10.6 Å². The van der Waals surface area contributed by atoms with Crippen molar-refractivity contribution in [3.8, 4) is 5.00 Å². The number of aromatic nitrogens is 2. The highest BCUT2D eigenvalue weighted by atomic mass is 32.1. The molecule has 74 valence electrons. The molecule has 0 amide bonds. The number of aliphatic hydroxyl groups excluding tert-OH is 1. The molecule has 0 radical (unpaired) electrons. The quantitative estimate of drug-likeness (QED) is 0.676. The summed E-state index contributed by atoms with van der Waals surface area (Å²) in [4.78, 5) is 0. The van der Waals surface area contributed by atoms with Crippen molar-refractivity contribution < 1.29 is 5.11 Å². The number of anilines is 2. The van der Waals surface area contributed by atoms with Gasteiger partial charge in [0.1, 0.15) is 5.00 Å². The molecule has 0 fully saturated rings. The molecule has 2 aromatic heterocycles. The van der Waals surface area contributed by atoms with Crippen LogP contribution >= 0.6 is 11.3 Å². The smallest absolute Gasteiger partial charge is 0.151 e. The van der Waals surface area contributed by atoms with Crippen LogP contribution in [0.5, 0.6) is 0 Å². The minimum Gasteiger partial charge on any atom is -0.394 e. The summed E-state index contributed by atoms with van der Waals surface area (Å²) in [7, 11) is 0. The van der Waals surface area contributed by atoms with Gasteiger partial charge in [0, 0.05) is 0 Å². The Morgan fingerprint density at radius 1 is 1.50 bits per heavy atom. The zero-order valence-corrected chi connectivity index (χ0v) is 8.16. The van der Waals surface area contributed by atoms with Gasteiger partial charge in [0.2, 0.25) is 0 Å². The van der Waals surface area contributed by atoms with Gasteiger partial charge < -0.3 is 16.6 Å². The maximum Gasteiger partial charge on any atom is 0.151 e. The Bertz CT molecular complexity index is 448. The maximum absolute atomic E-state index is 8.89. The third-order valence-electron chi connectivity index (χ3n) is 1.87. The van der Waals surface area contributed by atoms with Crippen molar-refractivity contribution >= 4 is 22.8 Å². The van der Waals surface area contributed by atoms with Gasteiger partial charge in [-0.05, 0) is 17.0 Å². The first-order valence-electron chi connectivity index (χ1n) is 4.00.